The quantitative estimate of drug-likeness (QED) is 0.613. The monoisotopic (exact) mass is 384 g/mol. The van der Waals surface area contributed by atoms with Crippen LogP contribution in [0.1, 0.15) is 35.7 Å². The van der Waals surface area contributed by atoms with Crippen LogP contribution in [0.3, 0.4) is 0 Å². The third kappa shape index (κ3) is 4.43. The van der Waals surface area contributed by atoms with Crippen LogP contribution in [0, 0.1) is 0 Å². The van der Waals surface area contributed by atoms with Crippen LogP contribution >= 0.6 is 11.3 Å². The molecule has 3 aromatic rings. The van der Waals surface area contributed by atoms with Crippen molar-refractivity contribution in [2.24, 2.45) is 0 Å². The third-order valence-corrected chi connectivity index (χ3v) is 6.42. The van der Waals surface area contributed by atoms with Gasteiger partial charge in [0, 0.05) is 16.9 Å². The number of nitrogens with one attached hydrogen (secondary N) is 2. The third-order valence-electron chi connectivity index (χ3n) is 5.55. The molecule has 0 unspecified atom stereocenters. The van der Waals surface area contributed by atoms with E-state index in [1.807, 2.05) is 4.68 Å². The number of thiophene rings is 1. The van der Waals surface area contributed by atoms with Crippen molar-refractivity contribution >= 4 is 11.3 Å². The van der Waals surface area contributed by atoms with Gasteiger partial charge in [-0.2, -0.15) is 0 Å². The fourth-order valence-corrected chi connectivity index (χ4v) is 4.80. The minimum Gasteiger partial charge on any atom is -0.322 e. The molecule has 0 radical (unpaired) electrons. The molecule has 2 N–H and O–H groups in total. The molecule has 6 nitrogen and oxygen atoms in total. The van der Waals surface area contributed by atoms with Crippen LogP contribution in [0.5, 0.6) is 0 Å². The smallest absolute Gasteiger partial charge is 0.209 e. The largest absolute Gasteiger partial charge is 0.322 e. The second-order valence-electron chi connectivity index (χ2n) is 7.31. The maximum atomic E-state index is 4.41. The highest BCUT2D eigenvalue weighted by Crippen LogP contribution is 2.14. The molecular formula is C20H28N6S+2. The van der Waals surface area contributed by atoms with Gasteiger partial charge in [-0.1, -0.05) is 43.3 Å². The lowest BCUT2D eigenvalue weighted by Crippen LogP contribution is -3.27. The number of piperazine rings is 1. The lowest BCUT2D eigenvalue weighted by molar-refractivity contribution is -1.03. The Labute approximate surface area is 164 Å². The summed E-state index contributed by atoms with van der Waals surface area (Å²) in [5.41, 5.74) is 1.43. The molecule has 1 fully saturated rings. The molecule has 1 atom stereocenters. The first-order chi connectivity index (χ1) is 13.3. The van der Waals surface area contributed by atoms with Gasteiger partial charge in [0.2, 0.25) is 5.82 Å². The Morgan fingerprint density at radius 3 is 2.59 bits per heavy atom. The van der Waals surface area contributed by atoms with Crippen molar-refractivity contribution < 1.29 is 9.80 Å². The van der Waals surface area contributed by atoms with E-state index in [0.717, 1.165) is 25.3 Å². The van der Waals surface area contributed by atoms with Gasteiger partial charge in [0.05, 0.1) is 6.54 Å². The summed E-state index contributed by atoms with van der Waals surface area (Å²) in [6, 6.07) is 15.4. The predicted molar refractivity (Wildman–Crippen MR) is 106 cm³/mol. The molecule has 0 amide bonds. The number of nitrogens with zero attached hydrogens (tertiary/aromatic N) is 4. The zero-order chi connectivity index (χ0) is 18.5. The molecule has 27 heavy (non-hydrogen) atoms. The molecule has 1 saturated heterocycles. The highest BCUT2D eigenvalue weighted by atomic mass is 32.1. The Morgan fingerprint density at radius 1 is 1.07 bits per heavy atom. The van der Waals surface area contributed by atoms with E-state index in [2.05, 4.69) is 70.3 Å². The lowest BCUT2D eigenvalue weighted by atomic mass is 10.1. The molecule has 0 aliphatic carbocycles. The van der Waals surface area contributed by atoms with Crippen LogP contribution in [0.2, 0.25) is 0 Å². The van der Waals surface area contributed by atoms with E-state index in [4.69, 9.17) is 0 Å². The normalized spacial score (nSPS) is 21.2. The summed E-state index contributed by atoms with van der Waals surface area (Å²) in [7, 11) is 0. The van der Waals surface area contributed by atoms with Crippen molar-refractivity contribution in [1.29, 1.82) is 0 Å². The van der Waals surface area contributed by atoms with E-state index >= 15 is 0 Å². The van der Waals surface area contributed by atoms with E-state index < -0.39 is 0 Å². The Bertz CT molecular complexity index is 808. The maximum absolute atomic E-state index is 4.41. The lowest BCUT2D eigenvalue weighted by Gasteiger charge is -2.33. The Hall–Kier alpha value is -2.09. The van der Waals surface area contributed by atoms with Crippen molar-refractivity contribution in [1.82, 2.24) is 20.2 Å². The summed E-state index contributed by atoms with van der Waals surface area (Å²) in [6.07, 6.45) is 1.06. The van der Waals surface area contributed by atoms with E-state index in [0.29, 0.717) is 6.04 Å². The van der Waals surface area contributed by atoms with Gasteiger partial charge >= 0.3 is 0 Å². The summed E-state index contributed by atoms with van der Waals surface area (Å²) in [6.45, 7) is 8.90. The molecule has 2 aromatic heterocycles. The molecular weight excluding hydrogens is 356 g/mol. The molecule has 0 spiro atoms. The van der Waals surface area contributed by atoms with Crippen LogP contribution in [0.4, 0.5) is 0 Å². The molecule has 4 rings (SSSR count). The van der Waals surface area contributed by atoms with Crippen LogP contribution < -0.4 is 9.80 Å². The van der Waals surface area contributed by atoms with Crippen molar-refractivity contribution in [2.45, 2.75) is 32.5 Å². The van der Waals surface area contributed by atoms with Crippen LogP contribution in [-0.2, 0) is 13.1 Å². The van der Waals surface area contributed by atoms with Crippen LogP contribution in [0.25, 0.3) is 0 Å². The highest BCUT2D eigenvalue weighted by Gasteiger charge is 2.33. The second kappa shape index (κ2) is 8.73. The number of hydrogen-bond donors (Lipinski definition) is 2. The van der Waals surface area contributed by atoms with Crippen molar-refractivity contribution in [3.63, 3.8) is 0 Å². The first kappa shape index (κ1) is 18.3. The van der Waals surface area contributed by atoms with Gasteiger partial charge < -0.3 is 9.80 Å². The molecule has 3 heterocycles. The van der Waals surface area contributed by atoms with Crippen LogP contribution in [-0.4, -0.2) is 46.4 Å². The van der Waals surface area contributed by atoms with Gasteiger partial charge in [-0.05, 0) is 21.9 Å². The zero-order valence-electron chi connectivity index (χ0n) is 15.8. The van der Waals surface area contributed by atoms with Crippen molar-refractivity contribution in [3.8, 4) is 0 Å². The molecule has 1 aromatic carbocycles. The molecule has 7 heteroatoms. The van der Waals surface area contributed by atoms with E-state index in [1.54, 1.807) is 21.1 Å². The Morgan fingerprint density at radius 2 is 1.89 bits per heavy atom. The summed E-state index contributed by atoms with van der Waals surface area (Å²) >= 11 is 1.76. The number of tetrazole rings is 1. The number of aromatic nitrogens is 4. The van der Waals surface area contributed by atoms with E-state index in [1.165, 1.54) is 36.6 Å². The van der Waals surface area contributed by atoms with Gasteiger partial charge in [-0.25, -0.2) is 4.68 Å². The SMILES string of the molecule is CC[C@@H](c1nnnn1Cc1cccs1)[NH+]1CC[NH+](Cc2ccccc2)CC1. The number of benzene rings is 1. The Balaban J connectivity index is 1.39. The summed E-state index contributed by atoms with van der Waals surface area (Å²) in [4.78, 5) is 4.60. The predicted octanol–water partition coefficient (Wildman–Crippen LogP) is 0.218. The molecule has 142 valence electrons. The standard InChI is InChI=1S/C20H26N6S/c1-2-19(20-21-22-23-26(20)16-18-9-6-14-27-18)25-12-10-24(11-13-25)15-17-7-4-3-5-8-17/h3-9,14,19H,2,10-13,15-16H2,1H3/p+2/t19-/m0/s1. The number of hydrogen-bond acceptors (Lipinski definition) is 4. The molecule has 0 bridgehead atoms. The molecule has 1 aliphatic heterocycles. The van der Waals surface area contributed by atoms with Gasteiger partial charge in [-0.3, -0.25) is 0 Å². The van der Waals surface area contributed by atoms with E-state index in [-0.39, 0.29) is 0 Å². The van der Waals surface area contributed by atoms with Gasteiger partial charge in [0.1, 0.15) is 38.8 Å². The molecule has 1 aliphatic rings. The average molecular weight is 385 g/mol. The fraction of sp³-hybridized carbons (Fsp3) is 0.450. The maximum Gasteiger partial charge on any atom is 0.209 e. The van der Waals surface area contributed by atoms with E-state index in [9.17, 15) is 0 Å². The molecule has 0 saturated carbocycles. The van der Waals surface area contributed by atoms with Crippen molar-refractivity contribution in [2.75, 3.05) is 26.2 Å². The highest BCUT2D eigenvalue weighted by molar-refractivity contribution is 7.09. The fourth-order valence-electron chi connectivity index (χ4n) is 4.11. The van der Waals surface area contributed by atoms with Gasteiger partial charge in [-0.15, -0.1) is 16.4 Å². The minimum atomic E-state index is 0.373. The van der Waals surface area contributed by atoms with Crippen molar-refractivity contribution in [3.05, 3.63) is 64.1 Å². The second-order valence-corrected chi connectivity index (χ2v) is 8.34. The summed E-state index contributed by atoms with van der Waals surface area (Å²) in [5, 5.41) is 14.8. The summed E-state index contributed by atoms with van der Waals surface area (Å²) in [5.74, 6) is 1.03. The Kier molecular flexibility index (Phi) is 5.91. The van der Waals surface area contributed by atoms with Crippen LogP contribution in [0.15, 0.2) is 47.8 Å². The number of rotatable bonds is 7. The zero-order valence-corrected chi connectivity index (χ0v) is 16.7. The average Bonchev–Trinajstić information content (AvgIpc) is 3.38. The topological polar surface area (TPSA) is 52.5 Å². The summed E-state index contributed by atoms with van der Waals surface area (Å²) < 4.78 is 2.00. The van der Waals surface area contributed by atoms with Gasteiger partial charge in [0.15, 0.2) is 0 Å². The first-order valence-electron chi connectivity index (χ1n) is 9.84. The number of quaternary nitrogens is 2. The van der Waals surface area contributed by atoms with Gasteiger partial charge in [0.25, 0.3) is 0 Å². The first-order valence-corrected chi connectivity index (χ1v) is 10.7. The minimum absolute atomic E-state index is 0.373.